The number of hydrogen-bond donors (Lipinski definition) is 2. The quantitative estimate of drug-likeness (QED) is 0.664. The third kappa shape index (κ3) is 3.78. The topological polar surface area (TPSA) is 62.2 Å². The van der Waals surface area contributed by atoms with E-state index in [-0.39, 0.29) is 0 Å². The molecule has 5 nitrogen and oxygen atoms in total. The summed E-state index contributed by atoms with van der Waals surface area (Å²) in [6.45, 7) is 0.571. The third-order valence-electron chi connectivity index (χ3n) is 3.37. The van der Waals surface area contributed by atoms with Crippen molar-refractivity contribution in [2.45, 2.75) is 25.4 Å². The summed E-state index contributed by atoms with van der Waals surface area (Å²) in [7, 11) is 1.77. The average molecular weight is 281 g/mol. The molecule has 1 aliphatic rings. The van der Waals surface area contributed by atoms with Gasteiger partial charge in [0, 0.05) is 31.0 Å². The van der Waals surface area contributed by atoms with E-state index in [0.29, 0.717) is 12.6 Å². The van der Waals surface area contributed by atoms with Crippen molar-refractivity contribution in [1.29, 1.82) is 0 Å². The van der Waals surface area contributed by atoms with Crippen LogP contribution in [0.4, 0.5) is 0 Å². The number of aliphatic imine (C=N–C) groups is 1. The van der Waals surface area contributed by atoms with Crippen LogP contribution < -0.4 is 10.6 Å². The number of guanidine groups is 1. The summed E-state index contributed by atoms with van der Waals surface area (Å²) in [4.78, 5) is 13.0. The lowest BCUT2D eigenvalue weighted by molar-refractivity contribution is 0.769. The highest BCUT2D eigenvalue weighted by Gasteiger charge is 2.22. The fourth-order valence-electron chi connectivity index (χ4n) is 2.00. The predicted molar refractivity (Wildman–Crippen MR) is 83.8 cm³/mol. The predicted octanol–water partition coefficient (Wildman–Crippen LogP) is 1.97. The molecule has 2 N–H and O–H groups in total. The van der Waals surface area contributed by atoms with Gasteiger partial charge in [0.05, 0.1) is 6.54 Å². The van der Waals surface area contributed by atoms with Crippen LogP contribution in [0.25, 0.3) is 11.1 Å². The lowest BCUT2D eigenvalue weighted by Crippen LogP contribution is -2.38. The first-order valence-electron chi connectivity index (χ1n) is 7.18. The Bertz CT molecular complexity index is 602. The molecule has 1 fully saturated rings. The molecule has 1 aliphatic carbocycles. The van der Waals surface area contributed by atoms with Crippen molar-refractivity contribution < 1.29 is 0 Å². The van der Waals surface area contributed by atoms with Gasteiger partial charge in [-0.05, 0) is 18.4 Å². The normalized spacial score (nSPS) is 14.8. The van der Waals surface area contributed by atoms with Crippen molar-refractivity contribution >= 4 is 5.96 Å². The second-order valence-corrected chi connectivity index (χ2v) is 5.10. The Labute approximate surface area is 124 Å². The molecule has 0 atom stereocenters. The van der Waals surface area contributed by atoms with Gasteiger partial charge in [0.2, 0.25) is 0 Å². The molecule has 21 heavy (non-hydrogen) atoms. The first kappa shape index (κ1) is 13.5. The summed E-state index contributed by atoms with van der Waals surface area (Å²) in [5, 5.41) is 6.56. The lowest BCUT2D eigenvalue weighted by atomic mass is 10.1. The molecule has 3 rings (SSSR count). The number of aromatic nitrogens is 2. The molecule has 0 bridgehead atoms. The molecule has 0 spiro atoms. The van der Waals surface area contributed by atoms with E-state index in [1.807, 2.05) is 30.6 Å². The summed E-state index contributed by atoms with van der Waals surface area (Å²) < 4.78 is 0. The van der Waals surface area contributed by atoms with Crippen molar-refractivity contribution in [2.75, 3.05) is 7.05 Å². The van der Waals surface area contributed by atoms with Crippen LogP contribution in [0.2, 0.25) is 0 Å². The molecule has 1 aromatic heterocycles. The van der Waals surface area contributed by atoms with E-state index in [0.717, 1.165) is 22.9 Å². The summed E-state index contributed by atoms with van der Waals surface area (Å²) in [5.41, 5.74) is 2.16. The SMILES string of the molecule is CN=C(NCc1ncc(-c2ccccc2)cn1)NC1CC1. The molecule has 0 radical (unpaired) electrons. The Morgan fingerprint density at radius 2 is 1.86 bits per heavy atom. The summed E-state index contributed by atoms with van der Waals surface area (Å²) >= 11 is 0. The van der Waals surface area contributed by atoms with Crippen LogP contribution in [0, 0.1) is 0 Å². The van der Waals surface area contributed by atoms with Gasteiger partial charge in [-0.25, -0.2) is 9.97 Å². The van der Waals surface area contributed by atoms with Gasteiger partial charge in [-0.2, -0.15) is 0 Å². The van der Waals surface area contributed by atoms with Gasteiger partial charge in [-0.3, -0.25) is 4.99 Å². The second kappa shape index (κ2) is 6.35. The first-order chi connectivity index (χ1) is 10.3. The molecule has 2 aromatic rings. The van der Waals surface area contributed by atoms with Crippen molar-refractivity contribution in [2.24, 2.45) is 4.99 Å². The van der Waals surface area contributed by atoms with Crippen LogP contribution >= 0.6 is 0 Å². The van der Waals surface area contributed by atoms with Crippen LogP contribution in [0.5, 0.6) is 0 Å². The molecule has 1 aromatic carbocycles. The van der Waals surface area contributed by atoms with Crippen molar-refractivity contribution in [3.05, 3.63) is 48.5 Å². The molecule has 1 saturated carbocycles. The fraction of sp³-hybridized carbons (Fsp3) is 0.312. The third-order valence-corrected chi connectivity index (χ3v) is 3.37. The minimum atomic E-state index is 0.571. The lowest BCUT2D eigenvalue weighted by Gasteiger charge is -2.10. The van der Waals surface area contributed by atoms with Gasteiger partial charge >= 0.3 is 0 Å². The van der Waals surface area contributed by atoms with E-state index < -0.39 is 0 Å². The Morgan fingerprint density at radius 3 is 2.48 bits per heavy atom. The smallest absolute Gasteiger partial charge is 0.191 e. The maximum Gasteiger partial charge on any atom is 0.191 e. The minimum absolute atomic E-state index is 0.571. The number of benzene rings is 1. The molecule has 0 amide bonds. The number of rotatable bonds is 4. The van der Waals surface area contributed by atoms with Gasteiger partial charge in [0.15, 0.2) is 5.96 Å². The Morgan fingerprint density at radius 1 is 1.14 bits per heavy atom. The van der Waals surface area contributed by atoms with Crippen LogP contribution in [0.15, 0.2) is 47.7 Å². The maximum atomic E-state index is 4.40. The van der Waals surface area contributed by atoms with E-state index in [1.165, 1.54) is 12.8 Å². The standard InChI is InChI=1S/C16H19N5/c1-17-16(21-14-7-8-14)20-11-15-18-9-13(10-19-15)12-5-3-2-4-6-12/h2-6,9-10,14H,7-8,11H2,1H3,(H2,17,20,21). The Hall–Kier alpha value is -2.43. The molecule has 0 aliphatic heterocycles. The largest absolute Gasteiger partial charge is 0.354 e. The van der Waals surface area contributed by atoms with E-state index in [2.05, 4.69) is 37.7 Å². The van der Waals surface area contributed by atoms with Gasteiger partial charge in [-0.1, -0.05) is 30.3 Å². The van der Waals surface area contributed by atoms with Crippen molar-refractivity contribution in [3.63, 3.8) is 0 Å². The van der Waals surface area contributed by atoms with Crippen molar-refractivity contribution in [3.8, 4) is 11.1 Å². The van der Waals surface area contributed by atoms with E-state index in [4.69, 9.17) is 0 Å². The van der Waals surface area contributed by atoms with Crippen LogP contribution in [-0.2, 0) is 6.54 Å². The van der Waals surface area contributed by atoms with E-state index >= 15 is 0 Å². The summed E-state index contributed by atoms with van der Waals surface area (Å²) in [6, 6.07) is 10.7. The molecule has 1 heterocycles. The fourth-order valence-corrected chi connectivity index (χ4v) is 2.00. The van der Waals surface area contributed by atoms with Crippen molar-refractivity contribution in [1.82, 2.24) is 20.6 Å². The molecule has 108 valence electrons. The van der Waals surface area contributed by atoms with Crippen LogP contribution in [0.1, 0.15) is 18.7 Å². The number of hydrogen-bond acceptors (Lipinski definition) is 3. The molecular weight excluding hydrogens is 262 g/mol. The Balaban J connectivity index is 1.59. The van der Waals surface area contributed by atoms with Crippen LogP contribution in [-0.4, -0.2) is 29.0 Å². The van der Waals surface area contributed by atoms with Crippen LogP contribution in [0.3, 0.4) is 0 Å². The Kier molecular flexibility index (Phi) is 4.09. The van der Waals surface area contributed by atoms with E-state index in [1.54, 1.807) is 7.05 Å². The highest BCUT2D eigenvalue weighted by molar-refractivity contribution is 5.80. The van der Waals surface area contributed by atoms with Gasteiger partial charge in [0.25, 0.3) is 0 Å². The highest BCUT2D eigenvalue weighted by atomic mass is 15.2. The summed E-state index contributed by atoms with van der Waals surface area (Å²) in [5.74, 6) is 1.57. The zero-order chi connectivity index (χ0) is 14.5. The maximum absolute atomic E-state index is 4.40. The van der Waals surface area contributed by atoms with Gasteiger partial charge in [0.1, 0.15) is 5.82 Å². The van der Waals surface area contributed by atoms with E-state index in [9.17, 15) is 0 Å². The highest BCUT2D eigenvalue weighted by Crippen LogP contribution is 2.18. The zero-order valence-electron chi connectivity index (χ0n) is 12.1. The minimum Gasteiger partial charge on any atom is -0.354 e. The number of nitrogens with zero attached hydrogens (tertiary/aromatic N) is 3. The molecule has 0 saturated heterocycles. The second-order valence-electron chi connectivity index (χ2n) is 5.10. The van der Waals surface area contributed by atoms with Gasteiger partial charge in [-0.15, -0.1) is 0 Å². The van der Waals surface area contributed by atoms with Gasteiger partial charge < -0.3 is 10.6 Å². The zero-order valence-corrected chi connectivity index (χ0v) is 12.1. The number of nitrogens with one attached hydrogen (secondary N) is 2. The molecular formula is C16H19N5. The average Bonchev–Trinajstić information content (AvgIpc) is 3.37. The molecule has 0 unspecified atom stereocenters. The molecule has 5 heteroatoms. The summed E-state index contributed by atoms with van der Waals surface area (Å²) in [6.07, 6.45) is 6.17. The first-order valence-corrected chi connectivity index (χ1v) is 7.18. The monoisotopic (exact) mass is 281 g/mol.